The van der Waals surface area contributed by atoms with E-state index in [1.165, 1.54) is 12.1 Å². The molecule has 0 N–H and O–H groups in total. The number of nitro groups is 2. The van der Waals surface area contributed by atoms with Crippen molar-refractivity contribution >= 4 is 17.7 Å². The van der Waals surface area contributed by atoms with Crippen LogP contribution in [0.1, 0.15) is 17.3 Å². The maximum atomic E-state index is 12.3. The number of carbonyl (C=O) groups excluding carboxylic acids is 1. The molecule has 134 valence electrons. The molecule has 0 aliphatic heterocycles. The predicted molar refractivity (Wildman–Crippen MR) is 81.2 cm³/mol. The number of carbonyl (C=O) groups is 1. The fraction of sp³-hybridized carbons (Fsp3) is 0.143. The first kappa shape index (κ1) is 16.9. The molecule has 0 fully saturated rings. The van der Waals surface area contributed by atoms with E-state index in [0.29, 0.717) is 0 Å². The number of esters is 1. The SMILES string of the molecule is CCOC(=O)c1c(-c2ccc([N+](=O)[O-])o2)noc1-c1ccc([N+](=O)[O-])o1. The van der Waals surface area contributed by atoms with Gasteiger partial charge in [-0.3, -0.25) is 20.2 Å². The van der Waals surface area contributed by atoms with Crippen LogP contribution in [-0.4, -0.2) is 27.6 Å². The van der Waals surface area contributed by atoms with Crippen LogP contribution in [0.3, 0.4) is 0 Å². The van der Waals surface area contributed by atoms with Crippen molar-refractivity contribution < 1.29 is 32.7 Å². The van der Waals surface area contributed by atoms with E-state index in [0.717, 1.165) is 12.1 Å². The number of furan rings is 2. The molecule has 0 aliphatic rings. The van der Waals surface area contributed by atoms with Gasteiger partial charge in [-0.05, 0) is 19.1 Å². The zero-order valence-corrected chi connectivity index (χ0v) is 13.0. The molecule has 0 aliphatic carbocycles. The minimum atomic E-state index is -0.864. The summed E-state index contributed by atoms with van der Waals surface area (Å²) in [7, 11) is 0. The van der Waals surface area contributed by atoms with Crippen molar-refractivity contribution in [3.8, 4) is 23.0 Å². The van der Waals surface area contributed by atoms with Gasteiger partial charge in [0.2, 0.25) is 5.76 Å². The van der Waals surface area contributed by atoms with Crippen molar-refractivity contribution in [2.45, 2.75) is 6.92 Å². The lowest BCUT2D eigenvalue weighted by Crippen LogP contribution is -2.06. The summed E-state index contributed by atoms with van der Waals surface area (Å²) < 4.78 is 20.0. The third-order valence-corrected chi connectivity index (χ3v) is 3.17. The Labute approximate surface area is 143 Å². The van der Waals surface area contributed by atoms with Gasteiger partial charge >= 0.3 is 17.7 Å². The summed E-state index contributed by atoms with van der Waals surface area (Å²) >= 11 is 0. The molecular weight excluding hydrogens is 354 g/mol. The number of nitrogens with zero attached hydrogens (tertiary/aromatic N) is 3. The Morgan fingerprint density at radius 1 is 1.08 bits per heavy atom. The van der Waals surface area contributed by atoms with Crippen molar-refractivity contribution in [1.82, 2.24) is 5.16 Å². The largest absolute Gasteiger partial charge is 0.462 e. The first-order chi connectivity index (χ1) is 12.4. The molecule has 0 amide bonds. The standard InChI is InChI=1S/C14H9N3O9/c1-2-23-14(18)11-12(7-3-5-9(24-7)16(19)20)15-26-13(11)8-4-6-10(25-8)17(21)22/h3-6H,2H2,1H3. The molecule has 0 bridgehead atoms. The molecule has 0 aromatic carbocycles. The predicted octanol–water partition coefficient (Wildman–Crippen LogP) is 3.19. The van der Waals surface area contributed by atoms with Crippen molar-refractivity contribution in [3.05, 3.63) is 50.1 Å². The quantitative estimate of drug-likeness (QED) is 0.360. The highest BCUT2D eigenvalue weighted by Crippen LogP contribution is 2.36. The topological polar surface area (TPSA) is 165 Å². The highest BCUT2D eigenvalue weighted by atomic mass is 16.7. The van der Waals surface area contributed by atoms with E-state index in [1.54, 1.807) is 6.92 Å². The van der Waals surface area contributed by atoms with E-state index in [2.05, 4.69) is 5.16 Å². The van der Waals surface area contributed by atoms with Gasteiger partial charge in [0.15, 0.2) is 17.2 Å². The second-order valence-electron chi connectivity index (χ2n) is 4.75. The first-order valence-corrected chi connectivity index (χ1v) is 7.08. The Hall–Kier alpha value is -3.96. The Morgan fingerprint density at radius 3 is 2.19 bits per heavy atom. The Balaban J connectivity index is 2.12. The summed E-state index contributed by atoms with van der Waals surface area (Å²) in [5.74, 6) is -2.48. The highest BCUT2D eigenvalue weighted by molar-refractivity contribution is 6.00. The van der Waals surface area contributed by atoms with Crippen molar-refractivity contribution in [2.75, 3.05) is 6.61 Å². The number of aromatic nitrogens is 1. The van der Waals surface area contributed by atoms with Gasteiger partial charge in [0, 0.05) is 0 Å². The highest BCUT2D eigenvalue weighted by Gasteiger charge is 2.31. The maximum absolute atomic E-state index is 12.3. The minimum absolute atomic E-state index is 0.0273. The van der Waals surface area contributed by atoms with Crippen LogP contribution in [0.4, 0.5) is 11.8 Å². The van der Waals surface area contributed by atoms with E-state index in [1.807, 2.05) is 0 Å². The molecule has 26 heavy (non-hydrogen) atoms. The molecule has 0 unspecified atom stereocenters. The van der Waals surface area contributed by atoms with E-state index in [9.17, 15) is 25.0 Å². The fourth-order valence-corrected chi connectivity index (χ4v) is 2.12. The van der Waals surface area contributed by atoms with Crippen LogP contribution in [0.2, 0.25) is 0 Å². The van der Waals surface area contributed by atoms with Gasteiger partial charge in [0.1, 0.15) is 15.4 Å². The molecular formula is C14H9N3O9. The number of rotatable bonds is 6. The zero-order chi connectivity index (χ0) is 18.8. The smallest absolute Gasteiger partial charge is 0.433 e. The molecule has 3 rings (SSSR count). The van der Waals surface area contributed by atoms with Gasteiger partial charge in [0.25, 0.3) is 0 Å². The Kier molecular flexibility index (Phi) is 4.22. The zero-order valence-electron chi connectivity index (χ0n) is 13.0. The lowest BCUT2D eigenvalue weighted by Gasteiger charge is -2.01. The molecule has 3 aromatic rings. The van der Waals surface area contributed by atoms with Crippen LogP contribution in [0.15, 0.2) is 37.6 Å². The first-order valence-electron chi connectivity index (χ1n) is 7.08. The number of hydrogen-bond donors (Lipinski definition) is 0. The van der Waals surface area contributed by atoms with E-state index >= 15 is 0 Å². The summed E-state index contributed by atoms with van der Waals surface area (Å²) in [5.41, 5.74) is -0.397. The van der Waals surface area contributed by atoms with Crippen LogP contribution in [0.5, 0.6) is 0 Å². The molecule has 0 saturated heterocycles. The molecule has 0 radical (unpaired) electrons. The molecule has 3 aromatic heterocycles. The van der Waals surface area contributed by atoms with E-state index < -0.39 is 27.6 Å². The van der Waals surface area contributed by atoms with Gasteiger partial charge in [-0.15, -0.1) is 0 Å². The fourth-order valence-electron chi connectivity index (χ4n) is 2.12. The second-order valence-corrected chi connectivity index (χ2v) is 4.75. The summed E-state index contributed by atoms with van der Waals surface area (Å²) in [6, 6.07) is 4.60. The van der Waals surface area contributed by atoms with E-state index in [4.69, 9.17) is 18.1 Å². The summed E-state index contributed by atoms with van der Waals surface area (Å²) in [6.45, 7) is 1.60. The normalized spacial score (nSPS) is 10.7. The van der Waals surface area contributed by atoms with Gasteiger partial charge in [0.05, 0.1) is 18.7 Å². The number of hydrogen-bond acceptors (Lipinski definition) is 10. The third-order valence-electron chi connectivity index (χ3n) is 3.17. The minimum Gasteiger partial charge on any atom is -0.462 e. The molecule has 3 heterocycles. The van der Waals surface area contributed by atoms with Crippen LogP contribution >= 0.6 is 0 Å². The van der Waals surface area contributed by atoms with Crippen molar-refractivity contribution in [3.63, 3.8) is 0 Å². The molecule has 0 saturated carbocycles. The molecule has 0 spiro atoms. The van der Waals surface area contributed by atoms with Gasteiger partial charge < -0.3 is 18.1 Å². The monoisotopic (exact) mass is 363 g/mol. The molecule has 0 atom stereocenters. The Bertz CT molecular complexity index is 927. The summed E-state index contributed by atoms with van der Waals surface area (Å²) in [5, 5.41) is 25.2. The maximum Gasteiger partial charge on any atom is 0.433 e. The van der Waals surface area contributed by atoms with E-state index in [-0.39, 0.29) is 35.1 Å². The average molecular weight is 363 g/mol. The Morgan fingerprint density at radius 2 is 1.65 bits per heavy atom. The second kappa shape index (κ2) is 6.51. The molecule has 12 heteroatoms. The lowest BCUT2D eigenvalue weighted by molar-refractivity contribution is -0.402. The summed E-state index contributed by atoms with van der Waals surface area (Å²) in [6.07, 6.45) is 0. The van der Waals surface area contributed by atoms with Crippen LogP contribution in [-0.2, 0) is 4.74 Å². The molecule has 12 nitrogen and oxygen atoms in total. The van der Waals surface area contributed by atoms with Gasteiger partial charge in [-0.1, -0.05) is 5.16 Å². The average Bonchev–Trinajstić information content (AvgIpc) is 3.32. The van der Waals surface area contributed by atoms with Crippen LogP contribution < -0.4 is 0 Å². The van der Waals surface area contributed by atoms with Gasteiger partial charge in [-0.25, -0.2) is 4.79 Å². The summed E-state index contributed by atoms with van der Waals surface area (Å²) in [4.78, 5) is 32.3. The van der Waals surface area contributed by atoms with Crippen molar-refractivity contribution in [2.24, 2.45) is 0 Å². The van der Waals surface area contributed by atoms with Crippen LogP contribution in [0, 0.1) is 20.2 Å². The van der Waals surface area contributed by atoms with Crippen LogP contribution in [0.25, 0.3) is 23.0 Å². The third kappa shape index (κ3) is 2.90. The lowest BCUT2D eigenvalue weighted by atomic mass is 10.1. The van der Waals surface area contributed by atoms with Crippen molar-refractivity contribution in [1.29, 1.82) is 0 Å². The number of ether oxygens (including phenoxy) is 1. The van der Waals surface area contributed by atoms with Gasteiger partial charge in [-0.2, -0.15) is 0 Å².